The molecule has 26 heavy (non-hydrogen) atoms. The van der Waals surface area contributed by atoms with Crippen molar-refractivity contribution in [3.63, 3.8) is 0 Å². The molecule has 0 unspecified atom stereocenters. The first-order chi connectivity index (χ1) is 12.7. The Hall–Kier alpha value is -2.76. The van der Waals surface area contributed by atoms with Crippen LogP contribution in [0.25, 0.3) is 0 Å². The average molecular weight is 353 g/mol. The van der Waals surface area contributed by atoms with E-state index in [1.807, 2.05) is 23.1 Å². The van der Waals surface area contributed by atoms with E-state index in [0.717, 1.165) is 23.4 Å². The zero-order valence-electron chi connectivity index (χ0n) is 15.1. The number of hydrogen-bond acceptors (Lipinski definition) is 5. The van der Waals surface area contributed by atoms with Crippen molar-refractivity contribution in [3.8, 4) is 11.5 Å². The SMILES string of the molecule is COc1cc2c(cc1OC)CN(C(=O)c1ccc(NC3CC3)cn1)CC2. The molecule has 6 nitrogen and oxygen atoms in total. The van der Waals surface area contributed by atoms with Gasteiger partial charge in [-0.2, -0.15) is 0 Å². The summed E-state index contributed by atoms with van der Waals surface area (Å²) in [6, 6.07) is 8.28. The molecule has 1 N–H and O–H groups in total. The summed E-state index contributed by atoms with van der Waals surface area (Å²) < 4.78 is 10.8. The summed E-state index contributed by atoms with van der Waals surface area (Å²) in [6.07, 6.45) is 4.96. The van der Waals surface area contributed by atoms with Gasteiger partial charge in [0.15, 0.2) is 11.5 Å². The standard InChI is InChI=1S/C20H23N3O3/c1-25-18-9-13-7-8-23(12-14(13)10-19(18)26-2)20(24)17-6-5-16(11-21-17)22-15-3-4-15/h5-6,9-11,15,22H,3-4,7-8,12H2,1-2H3. The third-order valence-corrected chi connectivity index (χ3v) is 4.94. The zero-order valence-corrected chi connectivity index (χ0v) is 15.1. The van der Waals surface area contributed by atoms with Crippen molar-refractivity contribution >= 4 is 11.6 Å². The van der Waals surface area contributed by atoms with Crippen LogP contribution in [0.4, 0.5) is 5.69 Å². The Morgan fingerprint density at radius 3 is 2.50 bits per heavy atom. The van der Waals surface area contributed by atoms with Crippen LogP contribution in [0, 0.1) is 0 Å². The van der Waals surface area contributed by atoms with Crippen molar-refractivity contribution < 1.29 is 14.3 Å². The van der Waals surface area contributed by atoms with E-state index >= 15 is 0 Å². The maximum absolute atomic E-state index is 12.8. The van der Waals surface area contributed by atoms with Crippen LogP contribution in [0.5, 0.6) is 11.5 Å². The van der Waals surface area contributed by atoms with Gasteiger partial charge in [-0.3, -0.25) is 4.79 Å². The van der Waals surface area contributed by atoms with E-state index in [-0.39, 0.29) is 5.91 Å². The predicted molar refractivity (Wildman–Crippen MR) is 98.9 cm³/mol. The summed E-state index contributed by atoms with van der Waals surface area (Å²) >= 11 is 0. The van der Waals surface area contributed by atoms with Crippen LogP contribution in [0.15, 0.2) is 30.5 Å². The van der Waals surface area contributed by atoms with E-state index in [0.29, 0.717) is 30.6 Å². The first-order valence-corrected chi connectivity index (χ1v) is 8.93. The second kappa shape index (κ2) is 6.86. The minimum Gasteiger partial charge on any atom is -0.493 e. The number of rotatable bonds is 5. The van der Waals surface area contributed by atoms with E-state index < -0.39 is 0 Å². The molecule has 0 atom stereocenters. The number of benzene rings is 1. The van der Waals surface area contributed by atoms with Crippen LogP contribution in [-0.2, 0) is 13.0 Å². The van der Waals surface area contributed by atoms with Gasteiger partial charge >= 0.3 is 0 Å². The molecule has 0 saturated heterocycles. The molecule has 1 aromatic carbocycles. The number of aromatic nitrogens is 1. The summed E-state index contributed by atoms with van der Waals surface area (Å²) in [7, 11) is 3.26. The largest absolute Gasteiger partial charge is 0.493 e. The monoisotopic (exact) mass is 353 g/mol. The Kier molecular flexibility index (Phi) is 4.41. The highest BCUT2D eigenvalue weighted by molar-refractivity contribution is 5.92. The second-order valence-corrected chi connectivity index (χ2v) is 6.80. The normalized spacial score (nSPS) is 16.0. The Morgan fingerprint density at radius 2 is 1.88 bits per heavy atom. The first kappa shape index (κ1) is 16.7. The number of ether oxygens (including phenoxy) is 2. The number of carbonyl (C=O) groups is 1. The van der Waals surface area contributed by atoms with Crippen molar-refractivity contribution in [1.82, 2.24) is 9.88 Å². The quantitative estimate of drug-likeness (QED) is 0.895. The fourth-order valence-electron chi connectivity index (χ4n) is 3.29. The van der Waals surface area contributed by atoms with Crippen LogP contribution in [-0.4, -0.2) is 42.6 Å². The van der Waals surface area contributed by atoms with E-state index in [4.69, 9.17) is 9.47 Å². The predicted octanol–water partition coefficient (Wildman–Crippen LogP) is 2.87. The Balaban J connectivity index is 1.49. The summed E-state index contributed by atoms with van der Waals surface area (Å²) in [4.78, 5) is 19.0. The molecular formula is C20H23N3O3. The molecule has 2 heterocycles. The van der Waals surface area contributed by atoms with Gasteiger partial charge in [-0.05, 0) is 54.7 Å². The summed E-state index contributed by atoms with van der Waals surface area (Å²) in [5, 5.41) is 3.38. The van der Waals surface area contributed by atoms with E-state index in [2.05, 4.69) is 10.3 Å². The number of nitrogens with one attached hydrogen (secondary N) is 1. The minimum absolute atomic E-state index is 0.0385. The van der Waals surface area contributed by atoms with Gasteiger partial charge in [0, 0.05) is 19.1 Å². The van der Waals surface area contributed by atoms with Crippen molar-refractivity contribution in [2.45, 2.75) is 31.8 Å². The number of pyridine rings is 1. The minimum atomic E-state index is -0.0385. The van der Waals surface area contributed by atoms with Crippen molar-refractivity contribution in [3.05, 3.63) is 47.3 Å². The van der Waals surface area contributed by atoms with Gasteiger partial charge in [-0.25, -0.2) is 4.98 Å². The van der Waals surface area contributed by atoms with Gasteiger partial charge in [-0.1, -0.05) is 0 Å². The lowest BCUT2D eigenvalue weighted by atomic mass is 9.98. The highest BCUT2D eigenvalue weighted by atomic mass is 16.5. The molecular weight excluding hydrogens is 330 g/mol. The molecule has 136 valence electrons. The smallest absolute Gasteiger partial charge is 0.272 e. The van der Waals surface area contributed by atoms with Gasteiger partial charge in [0.05, 0.1) is 26.1 Å². The number of anilines is 1. The summed E-state index contributed by atoms with van der Waals surface area (Å²) in [5.74, 6) is 1.38. The number of hydrogen-bond donors (Lipinski definition) is 1. The van der Waals surface area contributed by atoms with Gasteiger partial charge in [0.2, 0.25) is 0 Å². The molecule has 2 aromatic rings. The molecule has 2 aliphatic rings. The van der Waals surface area contributed by atoms with Crippen molar-refractivity contribution in [2.24, 2.45) is 0 Å². The maximum atomic E-state index is 12.8. The molecule has 0 radical (unpaired) electrons. The van der Waals surface area contributed by atoms with Gasteiger partial charge in [0.1, 0.15) is 5.69 Å². The number of amides is 1. The lowest BCUT2D eigenvalue weighted by Gasteiger charge is -2.29. The number of nitrogens with zero attached hydrogens (tertiary/aromatic N) is 2. The third-order valence-electron chi connectivity index (χ3n) is 4.94. The van der Waals surface area contributed by atoms with Crippen molar-refractivity contribution in [2.75, 3.05) is 26.1 Å². The zero-order chi connectivity index (χ0) is 18.1. The second-order valence-electron chi connectivity index (χ2n) is 6.80. The molecule has 1 fully saturated rings. The fraction of sp³-hybridized carbons (Fsp3) is 0.400. The molecule has 1 aliphatic heterocycles. The maximum Gasteiger partial charge on any atom is 0.272 e. The molecule has 1 aliphatic carbocycles. The lowest BCUT2D eigenvalue weighted by Crippen LogP contribution is -2.36. The van der Waals surface area contributed by atoms with Gasteiger partial charge in [-0.15, -0.1) is 0 Å². The van der Waals surface area contributed by atoms with E-state index in [1.165, 1.54) is 18.4 Å². The van der Waals surface area contributed by atoms with Crippen LogP contribution in [0.2, 0.25) is 0 Å². The van der Waals surface area contributed by atoms with E-state index in [9.17, 15) is 4.79 Å². The Bertz CT molecular complexity index is 816. The van der Waals surface area contributed by atoms with Gasteiger partial charge in [0.25, 0.3) is 5.91 Å². The summed E-state index contributed by atoms with van der Waals surface area (Å²) in [5.41, 5.74) is 3.75. The topological polar surface area (TPSA) is 63.7 Å². The molecule has 0 spiro atoms. The number of methoxy groups -OCH3 is 2. The number of fused-ring (bicyclic) bond motifs is 1. The molecule has 0 bridgehead atoms. The van der Waals surface area contributed by atoms with Crippen LogP contribution in [0.1, 0.15) is 34.5 Å². The van der Waals surface area contributed by atoms with Crippen LogP contribution >= 0.6 is 0 Å². The average Bonchev–Trinajstić information content (AvgIpc) is 3.50. The van der Waals surface area contributed by atoms with Crippen LogP contribution < -0.4 is 14.8 Å². The molecule has 1 amide bonds. The highest BCUT2D eigenvalue weighted by Gasteiger charge is 2.25. The molecule has 6 heteroatoms. The lowest BCUT2D eigenvalue weighted by molar-refractivity contribution is 0.0728. The molecule has 1 saturated carbocycles. The molecule has 1 aromatic heterocycles. The number of carbonyl (C=O) groups excluding carboxylic acids is 1. The highest BCUT2D eigenvalue weighted by Crippen LogP contribution is 2.33. The fourth-order valence-corrected chi connectivity index (χ4v) is 3.29. The summed E-state index contributed by atoms with van der Waals surface area (Å²) in [6.45, 7) is 1.23. The van der Waals surface area contributed by atoms with Crippen LogP contribution in [0.3, 0.4) is 0 Å². The third kappa shape index (κ3) is 3.31. The first-order valence-electron chi connectivity index (χ1n) is 8.93. The Labute approximate surface area is 153 Å². The van der Waals surface area contributed by atoms with Gasteiger partial charge < -0.3 is 19.7 Å². The van der Waals surface area contributed by atoms with Crippen molar-refractivity contribution in [1.29, 1.82) is 0 Å². The molecule has 4 rings (SSSR count). The van der Waals surface area contributed by atoms with E-state index in [1.54, 1.807) is 26.5 Å². The Morgan fingerprint density at radius 1 is 1.15 bits per heavy atom.